The summed E-state index contributed by atoms with van der Waals surface area (Å²) in [5, 5.41) is 4.08. The number of methoxy groups -OCH3 is 1. The summed E-state index contributed by atoms with van der Waals surface area (Å²) in [6.07, 6.45) is 0.624. The van der Waals surface area contributed by atoms with Gasteiger partial charge in [-0.1, -0.05) is 38.1 Å². The monoisotopic (exact) mass is 393 g/mol. The largest absolute Gasteiger partial charge is 0.497 e. The SMILES string of the molecule is COc1ccc(CN(Cc2nc(C(C)(C)C)no2)C2CCS(=O)(=O)C2)cc1. The molecule has 8 heteroatoms. The summed E-state index contributed by atoms with van der Waals surface area (Å²) in [5.74, 6) is 2.36. The summed E-state index contributed by atoms with van der Waals surface area (Å²) in [7, 11) is -1.35. The zero-order valence-electron chi connectivity index (χ0n) is 16.3. The molecular formula is C19H27N3O4S. The Labute approximate surface area is 160 Å². The topological polar surface area (TPSA) is 85.5 Å². The summed E-state index contributed by atoms with van der Waals surface area (Å²) in [4.78, 5) is 6.63. The predicted octanol–water partition coefficient (Wildman–Crippen LogP) is 2.57. The van der Waals surface area contributed by atoms with Gasteiger partial charge in [0.1, 0.15) is 5.75 Å². The maximum atomic E-state index is 12.0. The van der Waals surface area contributed by atoms with Crippen LogP contribution in [-0.2, 0) is 28.3 Å². The highest BCUT2D eigenvalue weighted by molar-refractivity contribution is 7.91. The molecule has 1 unspecified atom stereocenters. The molecule has 0 aliphatic carbocycles. The fourth-order valence-electron chi connectivity index (χ4n) is 3.14. The Balaban J connectivity index is 1.80. The lowest BCUT2D eigenvalue weighted by molar-refractivity contribution is 0.169. The maximum Gasteiger partial charge on any atom is 0.240 e. The van der Waals surface area contributed by atoms with E-state index in [9.17, 15) is 8.42 Å². The average molecular weight is 394 g/mol. The van der Waals surface area contributed by atoms with Crippen molar-refractivity contribution in [3.63, 3.8) is 0 Å². The highest BCUT2D eigenvalue weighted by Gasteiger charge is 2.33. The van der Waals surface area contributed by atoms with Gasteiger partial charge in [0.2, 0.25) is 5.89 Å². The van der Waals surface area contributed by atoms with E-state index in [4.69, 9.17) is 9.26 Å². The van der Waals surface area contributed by atoms with Crippen LogP contribution >= 0.6 is 0 Å². The molecule has 148 valence electrons. The summed E-state index contributed by atoms with van der Waals surface area (Å²) >= 11 is 0. The third-order valence-electron chi connectivity index (χ3n) is 4.75. The molecule has 1 aromatic heterocycles. The fraction of sp³-hybridized carbons (Fsp3) is 0.579. The van der Waals surface area contributed by atoms with Crippen molar-refractivity contribution in [3.05, 3.63) is 41.5 Å². The number of hydrogen-bond acceptors (Lipinski definition) is 7. The number of rotatable bonds is 6. The molecule has 1 saturated heterocycles. The maximum absolute atomic E-state index is 12.0. The molecule has 1 atom stereocenters. The van der Waals surface area contributed by atoms with Crippen LogP contribution in [0, 0.1) is 0 Å². The van der Waals surface area contributed by atoms with Crippen molar-refractivity contribution >= 4 is 9.84 Å². The predicted molar refractivity (Wildman–Crippen MR) is 102 cm³/mol. The van der Waals surface area contributed by atoms with Gasteiger partial charge in [-0.2, -0.15) is 4.98 Å². The van der Waals surface area contributed by atoms with E-state index < -0.39 is 9.84 Å². The molecule has 0 saturated carbocycles. The van der Waals surface area contributed by atoms with Crippen LogP contribution in [0.3, 0.4) is 0 Å². The van der Waals surface area contributed by atoms with E-state index in [-0.39, 0.29) is 23.0 Å². The van der Waals surface area contributed by atoms with Crippen LogP contribution in [0.2, 0.25) is 0 Å². The number of benzene rings is 1. The van der Waals surface area contributed by atoms with Crippen LogP contribution in [0.25, 0.3) is 0 Å². The number of nitrogens with zero attached hydrogens (tertiary/aromatic N) is 3. The second-order valence-electron chi connectivity index (χ2n) is 8.07. The molecular weight excluding hydrogens is 366 g/mol. The summed E-state index contributed by atoms with van der Waals surface area (Å²) in [5.41, 5.74) is 0.884. The Morgan fingerprint density at radius 2 is 1.93 bits per heavy atom. The first-order valence-corrected chi connectivity index (χ1v) is 10.9. The zero-order valence-corrected chi connectivity index (χ0v) is 17.1. The first-order chi connectivity index (χ1) is 12.7. The summed E-state index contributed by atoms with van der Waals surface area (Å²) in [6.45, 7) is 7.12. The van der Waals surface area contributed by atoms with Gasteiger partial charge in [0.05, 0.1) is 25.2 Å². The van der Waals surface area contributed by atoms with Crippen LogP contribution in [0.1, 0.15) is 44.5 Å². The van der Waals surface area contributed by atoms with Crippen molar-refractivity contribution in [3.8, 4) is 5.75 Å². The highest BCUT2D eigenvalue weighted by Crippen LogP contribution is 2.24. The molecule has 0 amide bonds. The number of ether oxygens (including phenoxy) is 1. The van der Waals surface area contributed by atoms with Crippen molar-refractivity contribution in [1.29, 1.82) is 0 Å². The molecule has 1 aliphatic heterocycles. The molecule has 1 aromatic carbocycles. The van der Waals surface area contributed by atoms with Crippen molar-refractivity contribution in [2.24, 2.45) is 0 Å². The second-order valence-corrected chi connectivity index (χ2v) is 10.3. The van der Waals surface area contributed by atoms with E-state index in [1.165, 1.54) is 0 Å². The smallest absolute Gasteiger partial charge is 0.240 e. The van der Waals surface area contributed by atoms with Gasteiger partial charge in [0.15, 0.2) is 15.7 Å². The van der Waals surface area contributed by atoms with Gasteiger partial charge in [-0.15, -0.1) is 0 Å². The van der Waals surface area contributed by atoms with Gasteiger partial charge in [0.25, 0.3) is 0 Å². The molecule has 1 aliphatic rings. The number of aromatic nitrogens is 2. The molecule has 0 radical (unpaired) electrons. The van der Waals surface area contributed by atoms with Gasteiger partial charge in [-0.3, -0.25) is 4.90 Å². The van der Waals surface area contributed by atoms with Crippen LogP contribution in [0.5, 0.6) is 5.75 Å². The van der Waals surface area contributed by atoms with Crippen molar-refractivity contribution in [1.82, 2.24) is 15.0 Å². The van der Waals surface area contributed by atoms with Gasteiger partial charge in [0, 0.05) is 18.0 Å². The van der Waals surface area contributed by atoms with Gasteiger partial charge in [-0.05, 0) is 24.1 Å². The first kappa shape index (κ1) is 19.8. The van der Waals surface area contributed by atoms with E-state index in [2.05, 4.69) is 15.0 Å². The highest BCUT2D eigenvalue weighted by atomic mass is 32.2. The van der Waals surface area contributed by atoms with Crippen molar-refractivity contribution in [2.45, 2.75) is 51.7 Å². The Morgan fingerprint density at radius 1 is 1.22 bits per heavy atom. The molecule has 1 fully saturated rings. The molecule has 0 spiro atoms. The first-order valence-electron chi connectivity index (χ1n) is 9.07. The quantitative estimate of drug-likeness (QED) is 0.745. The number of hydrogen-bond donors (Lipinski definition) is 0. The van der Waals surface area contributed by atoms with E-state index >= 15 is 0 Å². The molecule has 2 heterocycles. The molecule has 7 nitrogen and oxygen atoms in total. The third-order valence-corrected chi connectivity index (χ3v) is 6.50. The van der Waals surface area contributed by atoms with Crippen LogP contribution in [0.15, 0.2) is 28.8 Å². The van der Waals surface area contributed by atoms with E-state index in [0.717, 1.165) is 11.3 Å². The zero-order chi connectivity index (χ0) is 19.7. The summed E-state index contributed by atoms with van der Waals surface area (Å²) in [6, 6.07) is 7.74. The van der Waals surface area contributed by atoms with Crippen molar-refractivity contribution < 1.29 is 17.7 Å². The Morgan fingerprint density at radius 3 is 2.44 bits per heavy atom. The molecule has 0 N–H and O–H groups in total. The molecule has 0 bridgehead atoms. The van der Waals surface area contributed by atoms with Crippen LogP contribution in [-0.4, -0.2) is 48.1 Å². The van der Waals surface area contributed by atoms with E-state index in [1.807, 2.05) is 45.0 Å². The molecule has 2 aromatic rings. The second kappa shape index (κ2) is 7.59. The van der Waals surface area contributed by atoms with Gasteiger partial charge < -0.3 is 9.26 Å². The van der Waals surface area contributed by atoms with Crippen molar-refractivity contribution in [2.75, 3.05) is 18.6 Å². The standard InChI is InChI=1S/C19H27N3O4S/c1-19(2,3)18-20-17(26-21-18)12-22(15-9-10-27(23,24)13-15)11-14-5-7-16(25-4)8-6-14/h5-8,15H,9-13H2,1-4H3. The number of sulfone groups is 1. The normalized spacial score (nSPS) is 19.5. The Bertz CT molecular complexity index is 869. The van der Waals surface area contributed by atoms with Crippen LogP contribution < -0.4 is 4.74 Å². The lowest BCUT2D eigenvalue weighted by Crippen LogP contribution is -2.35. The van der Waals surface area contributed by atoms with Gasteiger partial charge >= 0.3 is 0 Å². The minimum atomic E-state index is -2.98. The lowest BCUT2D eigenvalue weighted by Gasteiger charge is -2.26. The molecule has 3 rings (SSSR count). The lowest BCUT2D eigenvalue weighted by atomic mass is 9.96. The van der Waals surface area contributed by atoms with E-state index in [0.29, 0.717) is 31.2 Å². The Kier molecular flexibility index (Phi) is 5.58. The van der Waals surface area contributed by atoms with Gasteiger partial charge in [-0.25, -0.2) is 8.42 Å². The van der Waals surface area contributed by atoms with Crippen LogP contribution in [0.4, 0.5) is 0 Å². The minimum Gasteiger partial charge on any atom is -0.497 e. The fourth-order valence-corrected chi connectivity index (χ4v) is 4.90. The molecule has 27 heavy (non-hydrogen) atoms. The Hall–Kier alpha value is -1.93. The average Bonchev–Trinajstić information content (AvgIpc) is 3.21. The van der Waals surface area contributed by atoms with E-state index in [1.54, 1.807) is 7.11 Å². The minimum absolute atomic E-state index is 0.0536. The third kappa shape index (κ3) is 5.07. The summed E-state index contributed by atoms with van der Waals surface area (Å²) < 4.78 is 34.6.